The number of urea groups is 1. The number of likely N-dealkylation sites (N-methyl/N-ethyl adjacent to an activating group) is 1. The number of hydrogen-bond acceptors (Lipinski definition) is 3. The Bertz CT molecular complexity index is 468. The molecule has 0 aromatic carbocycles. The maximum Gasteiger partial charge on any atom is 0.326 e. The molecule has 0 aliphatic rings. The van der Waals surface area contributed by atoms with Crippen LogP contribution in [0, 0.1) is 13.8 Å². The van der Waals surface area contributed by atoms with Gasteiger partial charge in [0.25, 0.3) is 0 Å². The number of carboxylic acids is 1. The first-order chi connectivity index (χ1) is 8.88. The molecule has 1 aromatic heterocycles. The highest BCUT2D eigenvalue weighted by molar-refractivity contribution is 5.93. The van der Waals surface area contributed by atoms with Crippen molar-refractivity contribution in [1.29, 1.82) is 0 Å². The fourth-order valence-corrected chi connectivity index (χ4v) is 1.83. The SMILES string of the molecule is CCC(C(=O)O)N(C)C(=O)Nc1c(C)ccnc1C. The van der Waals surface area contributed by atoms with Crippen LogP contribution in [0.3, 0.4) is 0 Å². The van der Waals surface area contributed by atoms with Crippen LogP contribution in [0.15, 0.2) is 12.3 Å². The van der Waals surface area contributed by atoms with E-state index >= 15 is 0 Å². The molecule has 1 heterocycles. The summed E-state index contributed by atoms with van der Waals surface area (Å²) in [5.74, 6) is -1.01. The van der Waals surface area contributed by atoms with E-state index < -0.39 is 18.0 Å². The van der Waals surface area contributed by atoms with Crippen LogP contribution >= 0.6 is 0 Å². The zero-order valence-electron chi connectivity index (χ0n) is 11.6. The zero-order valence-corrected chi connectivity index (χ0v) is 11.6. The third-order valence-corrected chi connectivity index (χ3v) is 3.04. The van der Waals surface area contributed by atoms with Crippen molar-refractivity contribution in [3.8, 4) is 0 Å². The molecule has 2 N–H and O–H groups in total. The fraction of sp³-hybridized carbons (Fsp3) is 0.462. The molecule has 2 amide bonds. The highest BCUT2D eigenvalue weighted by atomic mass is 16.4. The molecule has 0 aliphatic heterocycles. The number of aliphatic carboxylic acids is 1. The van der Waals surface area contributed by atoms with Crippen molar-refractivity contribution in [2.45, 2.75) is 33.2 Å². The second-order valence-electron chi connectivity index (χ2n) is 4.39. The monoisotopic (exact) mass is 265 g/mol. The van der Waals surface area contributed by atoms with Crippen molar-refractivity contribution in [2.75, 3.05) is 12.4 Å². The number of amides is 2. The molecule has 1 rings (SSSR count). The van der Waals surface area contributed by atoms with E-state index in [2.05, 4.69) is 10.3 Å². The second kappa shape index (κ2) is 6.17. The van der Waals surface area contributed by atoms with Gasteiger partial charge in [-0.15, -0.1) is 0 Å². The van der Waals surface area contributed by atoms with E-state index in [4.69, 9.17) is 5.11 Å². The summed E-state index contributed by atoms with van der Waals surface area (Å²) in [5, 5.41) is 11.7. The van der Waals surface area contributed by atoms with Crippen molar-refractivity contribution < 1.29 is 14.7 Å². The molecule has 19 heavy (non-hydrogen) atoms. The van der Waals surface area contributed by atoms with Gasteiger partial charge in [0, 0.05) is 13.2 Å². The molecule has 0 fully saturated rings. The molecule has 0 spiro atoms. The number of carbonyl (C=O) groups is 2. The highest BCUT2D eigenvalue weighted by Crippen LogP contribution is 2.18. The minimum Gasteiger partial charge on any atom is -0.480 e. The summed E-state index contributed by atoms with van der Waals surface area (Å²) in [7, 11) is 1.47. The van der Waals surface area contributed by atoms with Crippen LogP contribution < -0.4 is 5.32 Å². The molecule has 0 saturated carbocycles. The van der Waals surface area contributed by atoms with Gasteiger partial charge < -0.3 is 15.3 Å². The Morgan fingerprint density at radius 2 is 2.11 bits per heavy atom. The molecular weight excluding hydrogens is 246 g/mol. The number of hydrogen-bond donors (Lipinski definition) is 2. The van der Waals surface area contributed by atoms with Gasteiger partial charge in [0.1, 0.15) is 6.04 Å². The van der Waals surface area contributed by atoms with Gasteiger partial charge in [0.05, 0.1) is 11.4 Å². The minimum absolute atomic E-state index is 0.351. The Labute approximate surface area is 112 Å². The van der Waals surface area contributed by atoms with Crippen molar-refractivity contribution in [3.63, 3.8) is 0 Å². The number of carbonyl (C=O) groups excluding carboxylic acids is 1. The molecule has 0 saturated heterocycles. The molecule has 0 aliphatic carbocycles. The van der Waals surface area contributed by atoms with E-state index in [9.17, 15) is 9.59 Å². The molecule has 6 nitrogen and oxygen atoms in total. The van der Waals surface area contributed by atoms with Crippen molar-refractivity contribution in [1.82, 2.24) is 9.88 Å². The van der Waals surface area contributed by atoms with Crippen LogP contribution in [0.1, 0.15) is 24.6 Å². The van der Waals surface area contributed by atoms with Crippen LogP contribution in [0.25, 0.3) is 0 Å². The Hall–Kier alpha value is -2.11. The first kappa shape index (κ1) is 14.9. The molecular formula is C13H19N3O3. The third kappa shape index (κ3) is 3.43. The predicted molar refractivity (Wildman–Crippen MR) is 72.2 cm³/mol. The minimum atomic E-state index is -1.01. The van der Waals surface area contributed by atoms with Crippen LogP contribution in [0.5, 0.6) is 0 Å². The van der Waals surface area contributed by atoms with Crippen LogP contribution in [0.2, 0.25) is 0 Å². The van der Waals surface area contributed by atoms with Crippen molar-refractivity contribution >= 4 is 17.7 Å². The summed E-state index contributed by atoms with van der Waals surface area (Å²) in [6.45, 7) is 5.37. The van der Waals surface area contributed by atoms with E-state index in [0.29, 0.717) is 17.8 Å². The van der Waals surface area contributed by atoms with Crippen LogP contribution in [-0.2, 0) is 4.79 Å². The number of aryl methyl sites for hydroxylation is 2. The van der Waals surface area contributed by atoms with Crippen molar-refractivity contribution in [3.05, 3.63) is 23.5 Å². The molecule has 0 bridgehead atoms. The Kier molecular flexibility index (Phi) is 4.86. The molecule has 104 valence electrons. The van der Waals surface area contributed by atoms with Gasteiger partial charge >= 0.3 is 12.0 Å². The van der Waals surface area contributed by atoms with E-state index in [0.717, 1.165) is 5.56 Å². The first-order valence-electron chi connectivity index (χ1n) is 6.07. The molecule has 1 unspecified atom stereocenters. The summed E-state index contributed by atoms with van der Waals surface area (Å²) in [6.07, 6.45) is 2.01. The van der Waals surface area contributed by atoms with E-state index in [1.165, 1.54) is 11.9 Å². The van der Waals surface area contributed by atoms with Gasteiger partial charge in [0.15, 0.2) is 0 Å². The molecule has 1 atom stereocenters. The number of nitrogens with one attached hydrogen (secondary N) is 1. The summed E-state index contributed by atoms with van der Waals surface area (Å²) in [4.78, 5) is 28.4. The van der Waals surface area contributed by atoms with Gasteiger partial charge in [-0.2, -0.15) is 0 Å². The first-order valence-corrected chi connectivity index (χ1v) is 6.07. The highest BCUT2D eigenvalue weighted by Gasteiger charge is 2.25. The number of rotatable bonds is 4. The summed E-state index contributed by atoms with van der Waals surface area (Å²) in [5.41, 5.74) is 2.21. The summed E-state index contributed by atoms with van der Waals surface area (Å²) < 4.78 is 0. The van der Waals surface area contributed by atoms with Crippen LogP contribution in [-0.4, -0.2) is 40.1 Å². The number of aromatic nitrogens is 1. The third-order valence-electron chi connectivity index (χ3n) is 3.04. The van der Waals surface area contributed by atoms with Gasteiger partial charge in [-0.05, 0) is 31.9 Å². The second-order valence-corrected chi connectivity index (χ2v) is 4.39. The molecule has 1 aromatic rings. The lowest BCUT2D eigenvalue weighted by molar-refractivity contribution is -0.141. The van der Waals surface area contributed by atoms with Crippen LogP contribution in [0.4, 0.5) is 10.5 Å². The average Bonchev–Trinajstić information content (AvgIpc) is 2.34. The van der Waals surface area contributed by atoms with Gasteiger partial charge in [-0.1, -0.05) is 6.92 Å². The standard InChI is InChI=1S/C13H19N3O3/c1-5-10(12(17)18)16(4)13(19)15-11-8(2)6-7-14-9(11)3/h6-7,10H,5H2,1-4H3,(H,15,19)(H,17,18). The Morgan fingerprint density at radius 1 is 1.47 bits per heavy atom. The Morgan fingerprint density at radius 3 is 2.58 bits per heavy atom. The lowest BCUT2D eigenvalue weighted by Gasteiger charge is -2.24. The normalized spacial score (nSPS) is 11.8. The number of pyridine rings is 1. The lowest BCUT2D eigenvalue weighted by Crippen LogP contribution is -2.44. The van der Waals surface area contributed by atoms with Crippen molar-refractivity contribution in [2.24, 2.45) is 0 Å². The van der Waals surface area contributed by atoms with Gasteiger partial charge in [-0.3, -0.25) is 4.98 Å². The molecule has 0 radical (unpaired) electrons. The van der Waals surface area contributed by atoms with E-state index in [-0.39, 0.29) is 0 Å². The summed E-state index contributed by atoms with van der Waals surface area (Å²) in [6, 6.07) is 0.502. The zero-order chi connectivity index (χ0) is 14.6. The largest absolute Gasteiger partial charge is 0.480 e. The smallest absolute Gasteiger partial charge is 0.326 e. The maximum absolute atomic E-state index is 12.0. The number of nitrogens with zero attached hydrogens (tertiary/aromatic N) is 2. The lowest BCUT2D eigenvalue weighted by atomic mass is 10.2. The fourth-order valence-electron chi connectivity index (χ4n) is 1.83. The molecule has 6 heteroatoms. The maximum atomic E-state index is 12.0. The summed E-state index contributed by atoms with van der Waals surface area (Å²) >= 11 is 0. The average molecular weight is 265 g/mol. The number of anilines is 1. The Balaban J connectivity index is 2.88. The van der Waals surface area contributed by atoms with E-state index in [1.807, 2.05) is 6.92 Å². The van der Waals surface area contributed by atoms with Gasteiger partial charge in [-0.25, -0.2) is 9.59 Å². The topological polar surface area (TPSA) is 82.5 Å². The number of carboxylic acid groups (broad SMARTS) is 1. The quantitative estimate of drug-likeness (QED) is 0.872. The predicted octanol–water partition coefficient (Wildman–Crippen LogP) is 2.03. The van der Waals surface area contributed by atoms with E-state index in [1.54, 1.807) is 26.1 Å². The van der Waals surface area contributed by atoms with Gasteiger partial charge in [0.2, 0.25) is 0 Å².